The van der Waals surface area contributed by atoms with Crippen molar-refractivity contribution in [2.45, 2.75) is 175 Å². The van der Waals surface area contributed by atoms with Crippen molar-refractivity contribution in [3.05, 3.63) is 101 Å². The lowest BCUT2D eigenvalue weighted by molar-refractivity contribution is 0.00578. The van der Waals surface area contributed by atoms with Crippen molar-refractivity contribution in [1.82, 2.24) is 0 Å². The van der Waals surface area contributed by atoms with Gasteiger partial charge in [0, 0.05) is 10.8 Å². The van der Waals surface area contributed by atoms with Gasteiger partial charge in [-0.1, -0.05) is 179 Å². The van der Waals surface area contributed by atoms with Gasteiger partial charge in [-0.2, -0.15) is 0 Å². The van der Waals surface area contributed by atoms with Crippen molar-refractivity contribution >= 4 is 12.6 Å². The molecule has 4 aromatic rings. The Labute approximate surface area is 330 Å². The Morgan fingerprint density at radius 1 is 0.463 bits per heavy atom. The molecule has 2 nitrogen and oxygen atoms in total. The van der Waals surface area contributed by atoms with Gasteiger partial charge in [0.1, 0.15) is 0 Å². The van der Waals surface area contributed by atoms with Gasteiger partial charge in [0.15, 0.2) is 0 Å². The summed E-state index contributed by atoms with van der Waals surface area (Å²) >= 11 is 0. The maximum absolute atomic E-state index is 6.48. The molecule has 0 amide bonds. The SMILES string of the molecule is C.CCCCCCCCC1(CCCCCCCC)c2ccccc2-c2ccc(-c3ccc4c(c3)C(C)(C)c3cc(B5OC(C)(C)C(C)(C)O5)ccc3-4)cc21. The van der Waals surface area contributed by atoms with E-state index in [4.69, 9.17) is 9.31 Å². The van der Waals surface area contributed by atoms with Crippen molar-refractivity contribution in [3.63, 3.8) is 0 Å². The second-order valence-corrected chi connectivity index (χ2v) is 18.2. The summed E-state index contributed by atoms with van der Waals surface area (Å²) in [4.78, 5) is 0. The molecule has 0 unspecified atom stereocenters. The van der Waals surface area contributed by atoms with E-state index in [1.165, 1.54) is 134 Å². The number of benzene rings is 4. The summed E-state index contributed by atoms with van der Waals surface area (Å²) in [5.41, 5.74) is 14.6. The summed E-state index contributed by atoms with van der Waals surface area (Å²) in [6, 6.07) is 31.0. The molecule has 0 atom stereocenters. The molecule has 1 saturated heterocycles. The van der Waals surface area contributed by atoms with Crippen LogP contribution in [0.5, 0.6) is 0 Å². The van der Waals surface area contributed by atoms with Crippen molar-refractivity contribution in [1.29, 1.82) is 0 Å². The van der Waals surface area contributed by atoms with Gasteiger partial charge >= 0.3 is 7.12 Å². The van der Waals surface area contributed by atoms with Crippen LogP contribution in [0.2, 0.25) is 0 Å². The van der Waals surface area contributed by atoms with Gasteiger partial charge in [0.05, 0.1) is 11.2 Å². The van der Waals surface area contributed by atoms with Crippen LogP contribution in [-0.4, -0.2) is 18.3 Å². The standard InChI is InChI=1S/C50H65BO2.CH4/c1-9-11-13-15-17-21-31-50(32-22-18-16-14-12-10-2)43-24-20-19-23-39(43)42-29-26-37(34-46(42)50)36-25-28-40-41-30-27-38(35-45(41)47(3,4)44(40)33-36)51-52-48(5,6)49(7,8)53-51;/h19-20,23-30,33-35H,9-18,21-22,31-32H2,1-8H3;1H4. The molecular weight excluding hydrogens is 655 g/mol. The minimum absolute atomic E-state index is 0. The van der Waals surface area contributed by atoms with Crippen molar-refractivity contribution in [2.75, 3.05) is 0 Å². The highest BCUT2D eigenvalue weighted by Gasteiger charge is 2.52. The average molecular weight is 725 g/mol. The fourth-order valence-electron chi connectivity index (χ4n) is 9.77. The summed E-state index contributed by atoms with van der Waals surface area (Å²) in [6.45, 7) is 17.9. The third-order valence-electron chi connectivity index (χ3n) is 13.7. The van der Waals surface area contributed by atoms with Crippen LogP contribution >= 0.6 is 0 Å². The van der Waals surface area contributed by atoms with E-state index in [9.17, 15) is 0 Å². The molecule has 0 N–H and O–H groups in total. The van der Waals surface area contributed by atoms with Crippen LogP contribution in [-0.2, 0) is 20.1 Å². The molecule has 1 aliphatic heterocycles. The Morgan fingerprint density at radius 2 is 0.907 bits per heavy atom. The lowest BCUT2D eigenvalue weighted by Crippen LogP contribution is -2.41. The van der Waals surface area contributed by atoms with Crippen molar-refractivity contribution in [3.8, 4) is 33.4 Å². The molecule has 0 saturated carbocycles. The van der Waals surface area contributed by atoms with Crippen LogP contribution in [0.4, 0.5) is 0 Å². The molecule has 0 aromatic heterocycles. The van der Waals surface area contributed by atoms with Crippen molar-refractivity contribution < 1.29 is 9.31 Å². The third kappa shape index (κ3) is 7.30. The monoisotopic (exact) mass is 725 g/mol. The third-order valence-corrected chi connectivity index (χ3v) is 13.7. The summed E-state index contributed by atoms with van der Waals surface area (Å²) in [7, 11) is -0.358. The largest absolute Gasteiger partial charge is 0.494 e. The quantitative estimate of drug-likeness (QED) is 0.0846. The van der Waals surface area contributed by atoms with Crippen LogP contribution in [0, 0.1) is 0 Å². The van der Waals surface area contributed by atoms with Crippen LogP contribution < -0.4 is 5.46 Å². The molecule has 2 aliphatic carbocycles. The zero-order valence-corrected chi connectivity index (χ0v) is 34.3. The van der Waals surface area contributed by atoms with Gasteiger partial charge < -0.3 is 9.31 Å². The fraction of sp³-hybridized carbons (Fsp3) is 0.529. The number of hydrogen-bond acceptors (Lipinski definition) is 2. The number of fused-ring (bicyclic) bond motifs is 6. The van der Waals surface area contributed by atoms with Crippen LogP contribution in [0.1, 0.15) is 175 Å². The predicted octanol–water partition coefficient (Wildman–Crippen LogP) is 14.4. The van der Waals surface area contributed by atoms with Crippen molar-refractivity contribution in [2.24, 2.45) is 0 Å². The zero-order valence-electron chi connectivity index (χ0n) is 34.3. The zero-order chi connectivity index (χ0) is 37.4. The van der Waals surface area contributed by atoms with Crippen LogP contribution in [0.15, 0.2) is 78.9 Å². The Morgan fingerprint density at radius 3 is 1.48 bits per heavy atom. The smallest absolute Gasteiger partial charge is 0.399 e. The van der Waals surface area contributed by atoms with E-state index in [0.29, 0.717) is 0 Å². The summed E-state index contributed by atoms with van der Waals surface area (Å²) < 4.78 is 13.0. The highest BCUT2D eigenvalue weighted by atomic mass is 16.7. The van der Waals surface area contributed by atoms with Gasteiger partial charge in [0.2, 0.25) is 0 Å². The molecule has 3 heteroatoms. The lowest BCUT2D eigenvalue weighted by Gasteiger charge is -2.33. The van der Waals surface area contributed by atoms with E-state index >= 15 is 0 Å². The van der Waals surface area contributed by atoms with E-state index in [1.807, 2.05) is 0 Å². The molecule has 1 fully saturated rings. The summed E-state index contributed by atoms with van der Waals surface area (Å²) in [5.74, 6) is 0. The first-order valence-corrected chi connectivity index (χ1v) is 21.3. The first-order chi connectivity index (χ1) is 25.4. The lowest BCUT2D eigenvalue weighted by atomic mass is 9.70. The van der Waals surface area contributed by atoms with E-state index in [0.717, 1.165) is 5.46 Å². The molecule has 4 aromatic carbocycles. The van der Waals surface area contributed by atoms with Gasteiger partial charge in [-0.05, 0) is 114 Å². The summed E-state index contributed by atoms with van der Waals surface area (Å²) in [6.07, 6.45) is 18.6. The Kier molecular flexibility index (Phi) is 12.1. The molecular formula is C51H69BO2. The topological polar surface area (TPSA) is 18.5 Å². The molecule has 3 aliphatic rings. The van der Waals surface area contributed by atoms with Crippen LogP contribution in [0.25, 0.3) is 33.4 Å². The number of unbranched alkanes of at least 4 members (excludes halogenated alkanes) is 10. The second-order valence-electron chi connectivity index (χ2n) is 18.2. The Balaban J connectivity index is 0.00000497. The minimum Gasteiger partial charge on any atom is -0.399 e. The minimum atomic E-state index is -0.359. The molecule has 288 valence electrons. The maximum Gasteiger partial charge on any atom is 0.494 e. The Hall–Kier alpha value is -3.14. The highest BCUT2D eigenvalue weighted by molar-refractivity contribution is 6.62. The predicted molar refractivity (Wildman–Crippen MR) is 234 cm³/mol. The molecule has 0 radical (unpaired) electrons. The van der Waals surface area contributed by atoms with E-state index in [2.05, 4.69) is 134 Å². The van der Waals surface area contributed by atoms with E-state index < -0.39 is 0 Å². The first kappa shape index (κ1) is 40.5. The maximum atomic E-state index is 6.48. The molecule has 7 rings (SSSR count). The normalized spacial score (nSPS) is 17.8. The average Bonchev–Trinajstić information content (AvgIpc) is 3.65. The molecule has 0 bridgehead atoms. The first-order valence-electron chi connectivity index (χ1n) is 21.3. The van der Waals surface area contributed by atoms with Crippen LogP contribution in [0.3, 0.4) is 0 Å². The fourth-order valence-corrected chi connectivity index (χ4v) is 9.77. The number of rotatable bonds is 16. The van der Waals surface area contributed by atoms with Gasteiger partial charge in [-0.3, -0.25) is 0 Å². The van der Waals surface area contributed by atoms with Gasteiger partial charge in [0.25, 0.3) is 0 Å². The molecule has 1 heterocycles. The molecule has 54 heavy (non-hydrogen) atoms. The Bertz CT molecular complexity index is 1880. The van der Waals surface area contributed by atoms with Gasteiger partial charge in [-0.15, -0.1) is 0 Å². The van der Waals surface area contributed by atoms with Gasteiger partial charge in [-0.25, -0.2) is 0 Å². The molecule has 0 spiro atoms. The summed E-state index contributed by atoms with van der Waals surface area (Å²) in [5, 5.41) is 0. The second kappa shape index (κ2) is 16.1. The highest BCUT2D eigenvalue weighted by Crippen LogP contribution is 2.56. The number of hydrogen-bond donors (Lipinski definition) is 0. The van der Waals surface area contributed by atoms with E-state index in [-0.39, 0.29) is 36.6 Å². The van der Waals surface area contributed by atoms with E-state index in [1.54, 1.807) is 11.1 Å².